The molecule has 4 heterocycles. The van der Waals surface area contributed by atoms with Crippen LogP contribution in [0.15, 0.2) is 51.7 Å². The molecule has 4 rings (SSSR count). The van der Waals surface area contributed by atoms with Gasteiger partial charge < -0.3 is 13.7 Å². The molecule has 0 spiro atoms. The van der Waals surface area contributed by atoms with Gasteiger partial charge in [-0.25, -0.2) is 4.98 Å². The number of carbonyl (C=O) groups excluding carboxylic acids is 1. The van der Waals surface area contributed by atoms with Crippen molar-refractivity contribution < 1.29 is 26.8 Å². The van der Waals surface area contributed by atoms with Gasteiger partial charge in [0.25, 0.3) is 5.91 Å². The number of aryl methyl sites for hydroxylation is 2. The minimum absolute atomic E-state index is 0.0628. The highest BCUT2D eigenvalue weighted by atomic mass is 19.4. The fourth-order valence-electron chi connectivity index (χ4n) is 3.34. The monoisotopic (exact) mass is 418 g/mol. The molecule has 0 unspecified atom stereocenters. The molecule has 0 aliphatic rings. The van der Waals surface area contributed by atoms with Crippen molar-refractivity contribution in [2.45, 2.75) is 19.6 Å². The van der Waals surface area contributed by atoms with Crippen LogP contribution in [0.2, 0.25) is 0 Å². The SMILES string of the molecule is Cc1nn(C)c2nc(-c3ccco3)cc(C(=O)N(Cc3ccco3)CC(F)(F)F)c12. The van der Waals surface area contributed by atoms with Crippen molar-refractivity contribution in [3.8, 4) is 11.5 Å². The number of nitrogens with zero attached hydrogens (tertiary/aromatic N) is 4. The summed E-state index contributed by atoms with van der Waals surface area (Å²) in [6, 6.07) is 7.81. The van der Waals surface area contributed by atoms with Crippen LogP contribution in [-0.2, 0) is 13.6 Å². The molecule has 0 atom stereocenters. The van der Waals surface area contributed by atoms with Crippen LogP contribution in [0.3, 0.4) is 0 Å². The Morgan fingerprint density at radius 3 is 2.57 bits per heavy atom. The zero-order valence-electron chi connectivity index (χ0n) is 16.1. The molecule has 10 heteroatoms. The van der Waals surface area contributed by atoms with E-state index >= 15 is 0 Å². The molecule has 0 saturated carbocycles. The van der Waals surface area contributed by atoms with E-state index in [0.717, 1.165) is 0 Å². The molecule has 0 radical (unpaired) electrons. The van der Waals surface area contributed by atoms with Gasteiger partial charge in [-0.1, -0.05) is 0 Å². The zero-order valence-corrected chi connectivity index (χ0v) is 16.1. The third-order valence-electron chi connectivity index (χ3n) is 4.56. The molecule has 4 aromatic heterocycles. The summed E-state index contributed by atoms with van der Waals surface area (Å²) < 4.78 is 51.7. The maximum atomic E-state index is 13.3. The van der Waals surface area contributed by atoms with Crippen LogP contribution in [0.1, 0.15) is 21.8 Å². The van der Waals surface area contributed by atoms with E-state index in [1.54, 1.807) is 32.2 Å². The molecule has 0 aliphatic heterocycles. The molecule has 7 nitrogen and oxygen atoms in total. The maximum Gasteiger partial charge on any atom is 0.406 e. The Hall–Kier alpha value is -3.56. The van der Waals surface area contributed by atoms with Crippen molar-refractivity contribution >= 4 is 16.9 Å². The number of carbonyl (C=O) groups is 1. The van der Waals surface area contributed by atoms with Crippen molar-refractivity contribution in [1.29, 1.82) is 0 Å². The summed E-state index contributed by atoms with van der Waals surface area (Å²) in [5.74, 6) is -0.176. The number of hydrogen-bond donors (Lipinski definition) is 0. The Labute approximate surface area is 168 Å². The van der Waals surface area contributed by atoms with Gasteiger partial charge in [-0.05, 0) is 37.3 Å². The standard InChI is InChI=1S/C20H17F3N4O3/c1-12-17-14(9-15(16-6-4-8-30-16)24-18(17)26(2)25-12)19(28)27(11-20(21,22)23)10-13-5-3-7-29-13/h3-9H,10-11H2,1-2H3. The van der Waals surface area contributed by atoms with E-state index in [9.17, 15) is 18.0 Å². The van der Waals surface area contributed by atoms with Gasteiger partial charge in [0.05, 0.1) is 35.7 Å². The smallest absolute Gasteiger partial charge is 0.406 e. The highest BCUT2D eigenvalue weighted by molar-refractivity contribution is 6.07. The van der Waals surface area contributed by atoms with Crippen molar-refractivity contribution in [1.82, 2.24) is 19.7 Å². The first-order valence-corrected chi connectivity index (χ1v) is 8.99. The quantitative estimate of drug-likeness (QED) is 0.482. The van der Waals surface area contributed by atoms with Crippen LogP contribution >= 0.6 is 0 Å². The third-order valence-corrected chi connectivity index (χ3v) is 4.56. The lowest BCUT2D eigenvalue weighted by Gasteiger charge is -2.23. The van der Waals surface area contributed by atoms with E-state index in [1.807, 2.05) is 0 Å². The highest BCUT2D eigenvalue weighted by Gasteiger charge is 2.35. The number of alkyl halides is 3. The van der Waals surface area contributed by atoms with Gasteiger partial charge in [0, 0.05) is 7.05 Å². The molecule has 4 aromatic rings. The van der Waals surface area contributed by atoms with Gasteiger partial charge in [0.1, 0.15) is 18.0 Å². The summed E-state index contributed by atoms with van der Waals surface area (Å²) in [6.45, 7) is -0.0791. The lowest BCUT2D eigenvalue weighted by molar-refractivity contribution is -0.142. The Morgan fingerprint density at radius 1 is 1.20 bits per heavy atom. The second-order valence-electron chi connectivity index (χ2n) is 6.80. The van der Waals surface area contributed by atoms with Gasteiger partial charge in [-0.2, -0.15) is 18.3 Å². The summed E-state index contributed by atoms with van der Waals surface area (Å²) in [6.07, 6.45) is -1.79. The first kappa shape index (κ1) is 19.7. The van der Waals surface area contributed by atoms with E-state index in [0.29, 0.717) is 33.1 Å². The van der Waals surface area contributed by atoms with Gasteiger partial charge in [-0.3, -0.25) is 9.48 Å². The predicted octanol–water partition coefficient (Wildman–Crippen LogP) is 4.33. The van der Waals surface area contributed by atoms with Crippen LogP contribution in [0.5, 0.6) is 0 Å². The Kier molecular flexibility index (Phi) is 4.84. The molecular weight excluding hydrogens is 401 g/mol. The fraction of sp³-hybridized carbons (Fsp3) is 0.250. The molecular formula is C20H17F3N4O3. The largest absolute Gasteiger partial charge is 0.467 e. The summed E-state index contributed by atoms with van der Waals surface area (Å²) in [5, 5.41) is 4.67. The van der Waals surface area contributed by atoms with Crippen molar-refractivity contribution in [2.75, 3.05) is 6.54 Å². The number of aromatic nitrogens is 3. The van der Waals surface area contributed by atoms with Gasteiger partial charge >= 0.3 is 6.18 Å². The molecule has 0 aromatic carbocycles. The number of pyridine rings is 1. The summed E-state index contributed by atoms with van der Waals surface area (Å²) >= 11 is 0. The van der Waals surface area contributed by atoms with Gasteiger partial charge in [0.15, 0.2) is 11.4 Å². The molecule has 0 bridgehead atoms. The van der Waals surface area contributed by atoms with Crippen LogP contribution in [0, 0.1) is 6.92 Å². The number of halogens is 3. The number of fused-ring (bicyclic) bond motifs is 1. The number of amides is 1. The summed E-state index contributed by atoms with van der Waals surface area (Å²) in [4.78, 5) is 18.5. The topological polar surface area (TPSA) is 77.3 Å². The lowest BCUT2D eigenvalue weighted by atomic mass is 10.1. The van der Waals surface area contributed by atoms with Crippen LogP contribution in [-0.4, -0.2) is 38.3 Å². The number of hydrogen-bond acceptors (Lipinski definition) is 5. The Balaban J connectivity index is 1.85. The van der Waals surface area contributed by atoms with E-state index in [1.165, 1.54) is 29.3 Å². The average Bonchev–Trinajstić information content (AvgIpc) is 3.42. The number of furan rings is 2. The predicted molar refractivity (Wildman–Crippen MR) is 100 cm³/mol. The minimum atomic E-state index is -4.58. The normalized spacial score (nSPS) is 11.9. The van der Waals surface area contributed by atoms with Crippen molar-refractivity contribution in [3.05, 3.63) is 59.9 Å². The zero-order chi connectivity index (χ0) is 21.5. The molecule has 0 fully saturated rings. The lowest BCUT2D eigenvalue weighted by Crippen LogP contribution is -2.38. The second kappa shape index (κ2) is 7.36. The Bertz CT molecular complexity index is 1180. The second-order valence-corrected chi connectivity index (χ2v) is 6.80. The third kappa shape index (κ3) is 3.80. The number of rotatable bonds is 5. The van der Waals surface area contributed by atoms with Crippen LogP contribution in [0.4, 0.5) is 13.2 Å². The maximum absolute atomic E-state index is 13.3. The Morgan fingerprint density at radius 2 is 1.93 bits per heavy atom. The van der Waals surface area contributed by atoms with Crippen LogP contribution in [0.25, 0.3) is 22.5 Å². The molecule has 0 aliphatic carbocycles. The molecule has 0 N–H and O–H groups in total. The molecule has 30 heavy (non-hydrogen) atoms. The van der Waals surface area contributed by atoms with Gasteiger partial charge in [-0.15, -0.1) is 0 Å². The van der Waals surface area contributed by atoms with Gasteiger partial charge in [0.2, 0.25) is 0 Å². The molecule has 1 amide bonds. The average molecular weight is 418 g/mol. The highest BCUT2D eigenvalue weighted by Crippen LogP contribution is 2.29. The summed E-state index contributed by atoms with van der Waals surface area (Å²) in [5.41, 5.74) is 1.24. The van der Waals surface area contributed by atoms with Crippen molar-refractivity contribution in [3.63, 3.8) is 0 Å². The van der Waals surface area contributed by atoms with E-state index < -0.39 is 18.6 Å². The van der Waals surface area contributed by atoms with Crippen LogP contribution < -0.4 is 0 Å². The van der Waals surface area contributed by atoms with E-state index in [2.05, 4.69) is 10.1 Å². The summed E-state index contributed by atoms with van der Waals surface area (Å²) in [7, 11) is 1.65. The van der Waals surface area contributed by atoms with E-state index in [4.69, 9.17) is 8.83 Å². The fourth-order valence-corrected chi connectivity index (χ4v) is 3.34. The van der Waals surface area contributed by atoms with Crippen molar-refractivity contribution in [2.24, 2.45) is 7.05 Å². The molecule has 156 valence electrons. The first-order valence-electron chi connectivity index (χ1n) is 8.99. The first-order chi connectivity index (χ1) is 14.2. The molecule has 0 saturated heterocycles. The van der Waals surface area contributed by atoms with E-state index in [-0.39, 0.29) is 17.9 Å². The minimum Gasteiger partial charge on any atom is -0.467 e.